The third-order valence-electron chi connectivity index (χ3n) is 3.07. The number of benzene rings is 1. The van der Waals surface area contributed by atoms with Crippen molar-refractivity contribution in [1.82, 2.24) is 19.7 Å². The molecule has 0 spiro atoms. The Bertz CT molecular complexity index is 711. The summed E-state index contributed by atoms with van der Waals surface area (Å²) in [5.41, 5.74) is 3.01. The molecule has 3 rings (SSSR count). The first kappa shape index (κ1) is 12.3. The van der Waals surface area contributed by atoms with Crippen LogP contribution in [0.3, 0.4) is 0 Å². The molecule has 5 heteroatoms. The number of hydrogen-bond acceptors (Lipinski definition) is 3. The van der Waals surface area contributed by atoms with Gasteiger partial charge in [0.1, 0.15) is 11.3 Å². The van der Waals surface area contributed by atoms with Crippen molar-refractivity contribution in [2.45, 2.75) is 24.8 Å². The fourth-order valence-corrected chi connectivity index (χ4v) is 2.56. The van der Waals surface area contributed by atoms with E-state index in [-0.39, 0.29) is 0 Å². The third kappa shape index (κ3) is 2.14. The van der Waals surface area contributed by atoms with Gasteiger partial charge in [0.05, 0.1) is 6.20 Å². The van der Waals surface area contributed by atoms with Gasteiger partial charge in [-0.1, -0.05) is 12.1 Å². The highest BCUT2D eigenvalue weighted by atomic mass is 32.2. The number of aromatic amines is 1. The number of hydrogen-bond donors (Lipinski definition) is 1. The summed E-state index contributed by atoms with van der Waals surface area (Å²) in [6, 6.07) is 8.70. The molecule has 0 aliphatic rings. The Kier molecular flexibility index (Phi) is 3.06. The number of nitrogens with one attached hydrogen (secondary N) is 1. The van der Waals surface area contributed by atoms with Crippen LogP contribution in [0.25, 0.3) is 22.6 Å². The van der Waals surface area contributed by atoms with E-state index in [0.717, 1.165) is 22.6 Å². The van der Waals surface area contributed by atoms with Gasteiger partial charge in [0, 0.05) is 16.5 Å². The largest absolute Gasteiger partial charge is 0.335 e. The number of nitrogens with zero attached hydrogens (tertiary/aromatic N) is 3. The average Bonchev–Trinajstić information content (AvgIpc) is 2.98. The Morgan fingerprint density at radius 2 is 2.16 bits per heavy atom. The molecule has 1 aromatic carbocycles. The molecule has 19 heavy (non-hydrogen) atoms. The van der Waals surface area contributed by atoms with Gasteiger partial charge in [-0.2, -0.15) is 5.10 Å². The zero-order chi connectivity index (χ0) is 13.4. The molecule has 0 saturated carbocycles. The molecule has 0 amide bonds. The molecule has 4 nitrogen and oxygen atoms in total. The summed E-state index contributed by atoms with van der Waals surface area (Å²) < 4.78 is 1.94. The Labute approximate surface area is 116 Å². The third-order valence-corrected chi connectivity index (χ3v) is 3.80. The van der Waals surface area contributed by atoms with Crippen molar-refractivity contribution in [3.63, 3.8) is 0 Å². The minimum absolute atomic E-state index is 0.311. The predicted octanol–water partition coefficient (Wildman–Crippen LogP) is 3.73. The van der Waals surface area contributed by atoms with Crippen LogP contribution in [0.2, 0.25) is 0 Å². The van der Waals surface area contributed by atoms with Gasteiger partial charge in [-0.15, -0.1) is 11.8 Å². The van der Waals surface area contributed by atoms with Crippen LogP contribution in [0.5, 0.6) is 0 Å². The smallest absolute Gasteiger partial charge is 0.176 e. The van der Waals surface area contributed by atoms with E-state index < -0.39 is 0 Å². The van der Waals surface area contributed by atoms with Crippen LogP contribution in [0, 0.1) is 0 Å². The van der Waals surface area contributed by atoms with E-state index in [1.165, 1.54) is 4.90 Å². The molecule has 0 radical (unpaired) electrons. The lowest BCUT2D eigenvalue weighted by Gasteiger charge is -2.04. The zero-order valence-corrected chi connectivity index (χ0v) is 12.0. The molecule has 2 heterocycles. The number of thioether (sulfide) groups is 1. The van der Waals surface area contributed by atoms with E-state index in [4.69, 9.17) is 0 Å². The van der Waals surface area contributed by atoms with Crippen LogP contribution in [-0.4, -0.2) is 26.0 Å². The van der Waals surface area contributed by atoms with Gasteiger partial charge >= 0.3 is 0 Å². The Hall–Kier alpha value is -1.75. The summed E-state index contributed by atoms with van der Waals surface area (Å²) in [5, 5.41) is 4.34. The van der Waals surface area contributed by atoms with Crippen LogP contribution < -0.4 is 0 Å². The van der Waals surface area contributed by atoms with Crippen molar-refractivity contribution in [3.05, 3.63) is 30.5 Å². The van der Waals surface area contributed by atoms with Crippen molar-refractivity contribution in [3.8, 4) is 11.4 Å². The van der Waals surface area contributed by atoms with Crippen LogP contribution in [0.4, 0.5) is 0 Å². The van der Waals surface area contributed by atoms with Crippen molar-refractivity contribution in [2.24, 2.45) is 0 Å². The number of H-pyrrole nitrogens is 1. The number of imidazole rings is 1. The molecule has 1 N–H and O–H groups in total. The average molecular weight is 272 g/mol. The molecule has 0 bridgehead atoms. The van der Waals surface area contributed by atoms with Crippen LogP contribution in [0.15, 0.2) is 35.4 Å². The van der Waals surface area contributed by atoms with Crippen molar-refractivity contribution < 1.29 is 0 Å². The maximum Gasteiger partial charge on any atom is 0.176 e. The first-order chi connectivity index (χ1) is 9.19. The summed E-state index contributed by atoms with van der Waals surface area (Å²) >= 11 is 1.74. The molecule has 0 aliphatic carbocycles. The molecule has 0 atom stereocenters. The summed E-state index contributed by atoms with van der Waals surface area (Å²) in [4.78, 5) is 9.25. The Morgan fingerprint density at radius 3 is 2.89 bits per heavy atom. The molecule has 0 unspecified atom stereocenters. The Balaban J connectivity index is 2.10. The fraction of sp³-hybridized carbons (Fsp3) is 0.286. The molecule has 2 aromatic heterocycles. The predicted molar refractivity (Wildman–Crippen MR) is 79.5 cm³/mol. The molecule has 0 aliphatic heterocycles. The summed E-state index contributed by atoms with van der Waals surface area (Å²) in [6.45, 7) is 4.21. The van der Waals surface area contributed by atoms with Gasteiger partial charge in [0.2, 0.25) is 0 Å². The zero-order valence-electron chi connectivity index (χ0n) is 11.2. The van der Waals surface area contributed by atoms with Gasteiger partial charge in [0.15, 0.2) is 5.65 Å². The molecule has 0 saturated heterocycles. The van der Waals surface area contributed by atoms with E-state index >= 15 is 0 Å². The van der Waals surface area contributed by atoms with Crippen LogP contribution >= 0.6 is 11.8 Å². The molecular weight excluding hydrogens is 256 g/mol. The number of rotatable bonds is 3. The lowest BCUT2D eigenvalue weighted by Crippen LogP contribution is -2.02. The molecule has 3 aromatic rings. The van der Waals surface area contributed by atoms with Crippen molar-refractivity contribution >= 4 is 22.9 Å². The van der Waals surface area contributed by atoms with E-state index in [0.29, 0.717) is 6.04 Å². The van der Waals surface area contributed by atoms with E-state index in [2.05, 4.69) is 59.4 Å². The second-order valence-corrected chi connectivity index (χ2v) is 5.62. The van der Waals surface area contributed by atoms with E-state index in [1.807, 2.05) is 10.9 Å². The van der Waals surface area contributed by atoms with E-state index in [1.54, 1.807) is 11.8 Å². The first-order valence-electron chi connectivity index (χ1n) is 6.26. The second kappa shape index (κ2) is 4.74. The minimum Gasteiger partial charge on any atom is -0.335 e. The molecular formula is C14H16N4S. The maximum atomic E-state index is 4.68. The lowest BCUT2D eigenvalue weighted by atomic mass is 10.2. The highest BCUT2D eigenvalue weighted by molar-refractivity contribution is 7.98. The Morgan fingerprint density at radius 1 is 1.32 bits per heavy atom. The monoisotopic (exact) mass is 272 g/mol. The number of fused-ring (bicyclic) bond motifs is 1. The van der Waals surface area contributed by atoms with E-state index in [9.17, 15) is 0 Å². The fourth-order valence-electron chi connectivity index (χ4n) is 2.10. The van der Waals surface area contributed by atoms with Crippen LogP contribution in [-0.2, 0) is 0 Å². The van der Waals surface area contributed by atoms with Gasteiger partial charge in [-0.05, 0) is 32.2 Å². The molecule has 0 fully saturated rings. The summed E-state index contributed by atoms with van der Waals surface area (Å²) in [7, 11) is 0. The van der Waals surface area contributed by atoms with Gasteiger partial charge < -0.3 is 4.98 Å². The van der Waals surface area contributed by atoms with Gasteiger partial charge in [0.25, 0.3) is 0 Å². The SMILES string of the molecule is CSc1cccc(-c2nc3c(cnn3C(C)C)[nH]2)c1. The standard InChI is InChI=1S/C14H16N4S/c1-9(2)18-14-12(8-15-18)16-13(17-14)10-5-4-6-11(7-10)19-3/h4-9H,1-3H3,(H,16,17). The second-order valence-electron chi connectivity index (χ2n) is 4.74. The lowest BCUT2D eigenvalue weighted by molar-refractivity contribution is 0.547. The summed E-state index contributed by atoms with van der Waals surface area (Å²) in [5.74, 6) is 0.901. The van der Waals surface area contributed by atoms with Gasteiger partial charge in [-0.3, -0.25) is 0 Å². The number of aromatic nitrogens is 4. The minimum atomic E-state index is 0.311. The highest BCUT2D eigenvalue weighted by Gasteiger charge is 2.12. The van der Waals surface area contributed by atoms with Crippen molar-refractivity contribution in [2.75, 3.05) is 6.26 Å². The maximum absolute atomic E-state index is 4.68. The topological polar surface area (TPSA) is 46.5 Å². The van der Waals surface area contributed by atoms with Crippen molar-refractivity contribution in [1.29, 1.82) is 0 Å². The normalized spacial score (nSPS) is 11.6. The quantitative estimate of drug-likeness (QED) is 0.739. The highest BCUT2D eigenvalue weighted by Crippen LogP contribution is 2.25. The van der Waals surface area contributed by atoms with Gasteiger partial charge in [-0.25, -0.2) is 9.67 Å². The first-order valence-corrected chi connectivity index (χ1v) is 7.49. The molecule has 98 valence electrons. The van der Waals surface area contributed by atoms with Crippen LogP contribution in [0.1, 0.15) is 19.9 Å². The summed E-state index contributed by atoms with van der Waals surface area (Å²) in [6.07, 6.45) is 3.92.